The van der Waals surface area contributed by atoms with Gasteiger partial charge < -0.3 is 4.90 Å². The van der Waals surface area contributed by atoms with E-state index in [9.17, 15) is 0 Å². The standard InChI is InChI=1S/C60H43N/c1-7-19-44(20-8-1)48-31-35-55(36-32-48)61(56-40-53(46-23-11-3-12-24-46)39-54(41-56)47-25-13-4-14-26-47)60-38-34-52(43-59(60)50-29-17-6-18-30-50)58-42-51(45-21-9-2-10-22-45)33-37-57(58)49-27-15-5-16-28-49/h1-43H. The zero-order valence-corrected chi connectivity index (χ0v) is 33.8. The van der Waals surface area contributed by atoms with Crippen molar-refractivity contribution in [2.24, 2.45) is 0 Å². The molecule has 0 aliphatic heterocycles. The molecule has 10 rings (SSSR count). The Morgan fingerprint density at radius 3 is 1.03 bits per heavy atom. The van der Waals surface area contributed by atoms with E-state index in [1.54, 1.807) is 0 Å². The third-order valence-electron chi connectivity index (χ3n) is 11.5. The minimum atomic E-state index is 1.07. The van der Waals surface area contributed by atoms with Crippen LogP contribution < -0.4 is 4.90 Å². The van der Waals surface area contributed by atoms with Crippen LogP contribution in [0, 0.1) is 0 Å². The van der Waals surface area contributed by atoms with E-state index < -0.39 is 0 Å². The van der Waals surface area contributed by atoms with Crippen molar-refractivity contribution >= 4 is 17.1 Å². The van der Waals surface area contributed by atoms with Gasteiger partial charge in [-0.25, -0.2) is 0 Å². The highest BCUT2D eigenvalue weighted by atomic mass is 15.1. The number of nitrogens with zero attached hydrogens (tertiary/aromatic N) is 1. The largest absolute Gasteiger partial charge is 0.310 e. The van der Waals surface area contributed by atoms with E-state index in [4.69, 9.17) is 0 Å². The predicted molar refractivity (Wildman–Crippen MR) is 259 cm³/mol. The monoisotopic (exact) mass is 777 g/mol. The maximum atomic E-state index is 2.44. The normalized spacial score (nSPS) is 11.0. The summed E-state index contributed by atoms with van der Waals surface area (Å²) < 4.78 is 0. The highest BCUT2D eigenvalue weighted by Gasteiger charge is 2.21. The van der Waals surface area contributed by atoms with Gasteiger partial charge in [-0.05, 0) is 121 Å². The molecule has 0 saturated carbocycles. The van der Waals surface area contributed by atoms with Gasteiger partial charge in [0.25, 0.3) is 0 Å². The Kier molecular flexibility index (Phi) is 10.4. The summed E-state index contributed by atoms with van der Waals surface area (Å²) in [4.78, 5) is 2.44. The smallest absolute Gasteiger partial charge is 0.0540 e. The molecule has 10 aromatic rings. The molecule has 0 spiro atoms. The van der Waals surface area contributed by atoms with Crippen molar-refractivity contribution in [3.8, 4) is 77.9 Å². The minimum Gasteiger partial charge on any atom is -0.310 e. The molecule has 0 unspecified atom stereocenters. The number of hydrogen-bond acceptors (Lipinski definition) is 1. The van der Waals surface area contributed by atoms with Crippen LogP contribution in [-0.4, -0.2) is 0 Å². The Balaban J connectivity index is 1.22. The van der Waals surface area contributed by atoms with E-state index in [0.29, 0.717) is 0 Å². The summed E-state index contributed by atoms with van der Waals surface area (Å²) >= 11 is 0. The molecule has 10 aromatic carbocycles. The lowest BCUT2D eigenvalue weighted by Gasteiger charge is -2.30. The molecule has 0 aromatic heterocycles. The minimum absolute atomic E-state index is 1.07. The molecular weight excluding hydrogens is 735 g/mol. The van der Waals surface area contributed by atoms with Gasteiger partial charge in [0.1, 0.15) is 0 Å². The maximum absolute atomic E-state index is 2.44. The summed E-state index contributed by atoms with van der Waals surface area (Å²) in [7, 11) is 0. The number of hydrogen-bond donors (Lipinski definition) is 0. The van der Waals surface area contributed by atoms with E-state index in [2.05, 4.69) is 266 Å². The van der Waals surface area contributed by atoms with Crippen LogP contribution in [0.4, 0.5) is 17.1 Å². The topological polar surface area (TPSA) is 3.24 Å². The van der Waals surface area contributed by atoms with E-state index in [1.807, 2.05) is 0 Å². The third-order valence-corrected chi connectivity index (χ3v) is 11.5. The molecule has 0 aliphatic rings. The lowest BCUT2D eigenvalue weighted by atomic mass is 9.89. The second-order valence-corrected chi connectivity index (χ2v) is 15.3. The van der Waals surface area contributed by atoms with Crippen molar-refractivity contribution < 1.29 is 0 Å². The SMILES string of the molecule is c1ccc(-c2ccc(N(c3cc(-c4ccccc4)cc(-c4ccccc4)c3)c3ccc(-c4cc(-c5ccccc5)ccc4-c4ccccc4)cc3-c3ccccc3)cc2)cc1. The first kappa shape index (κ1) is 37.3. The van der Waals surface area contributed by atoms with Crippen molar-refractivity contribution in [1.82, 2.24) is 0 Å². The van der Waals surface area contributed by atoms with E-state index in [-0.39, 0.29) is 0 Å². The summed E-state index contributed by atoms with van der Waals surface area (Å²) in [5.41, 5.74) is 19.7. The first-order valence-electron chi connectivity index (χ1n) is 20.9. The fourth-order valence-electron chi connectivity index (χ4n) is 8.41. The number of benzene rings is 10. The molecule has 0 radical (unpaired) electrons. The second kappa shape index (κ2) is 17.1. The summed E-state index contributed by atoms with van der Waals surface area (Å²) in [6, 6.07) is 94.2. The van der Waals surface area contributed by atoms with E-state index in [0.717, 1.165) is 44.9 Å². The van der Waals surface area contributed by atoms with Crippen LogP contribution in [-0.2, 0) is 0 Å². The molecule has 0 heterocycles. The van der Waals surface area contributed by atoms with Crippen LogP contribution in [0.15, 0.2) is 261 Å². The van der Waals surface area contributed by atoms with Gasteiger partial charge in [0.15, 0.2) is 0 Å². The Bertz CT molecular complexity index is 2960. The molecule has 61 heavy (non-hydrogen) atoms. The quantitative estimate of drug-likeness (QED) is 0.134. The molecule has 0 saturated heterocycles. The first-order valence-corrected chi connectivity index (χ1v) is 20.9. The Morgan fingerprint density at radius 2 is 0.541 bits per heavy atom. The Hall–Kier alpha value is -8.00. The van der Waals surface area contributed by atoms with Gasteiger partial charge in [0, 0.05) is 16.9 Å². The average Bonchev–Trinajstić information content (AvgIpc) is 3.36. The molecule has 1 nitrogen and oxygen atoms in total. The highest BCUT2D eigenvalue weighted by molar-refractivity contribution is 5.95. The van der Waals surface area contributed by atoms with Crippen molar-refractivity contribution in [2.45, 2.75) is 0 Å². The van der Waals surface area contributed by atoms with Gasteiger partial charge in [-0.2, -0.15) is 0 Å². The van der Waals surface area contributed by atoms with Crippen molar-refractivity contribution in [3.63, 3.8) is 0 Å². The van der Waals surface area contributed by atoms with Gasteiger partial charge in [-0.3, -0.25) is 0 Å². The Morgan fingerprint density at radius 1 is 0.180 bits per heavy atom. The van der Waals surface area contributed by atoms with Crippen LogP contribution in [0.3, 0.4) is 0 Å². The van der Waals surface area contributed by atoms with Gasteiger partial charge in [0.05, 0.1) is 5.69 Å². The van der Waals surface area contributed by atoms with Crippen molar-refractivity contribution in [2.75, 3.05) is 4.90 Å². The molecule has 0 amide bonds. The third kappa shape index (κ3) is 7.93. The molecule has 288 valence electrons. The lowest BCUT2D eigenvalue weighted by molar-refractivity contribution is 1.28. The van der Waals surface area contributed by atoms with Crippen molar-refractivity contribution in [1.29, 1.82) is 0 Å². The Labute approximate surface area is 359 Å². The molecule has 0 N–H and O–H groups in total. The zero-order chi connectivity index (χ0) is 40.8. The molecule has 0 fully saturated rings. The van der Waals surface area contributed by atoms with E-state index in [1.165, 1.54) is 50.1 Å². The zero-order valence-electron chi connectivity index (χ0n) is 33.8. The van der Waals surface area contributed by atoms with Gasteiger partial charge in [-0.1, -0.05) is 212 Å². The number of rotatable bonds is 10. The average molecular weight is 778 g/mol. The first-order chi connectivity index (χ1) is 30.2. The van der Waals surface area contributed by atoms with Crippen LogP contribution in [0.5, 0.6) is 0 Å². The number of anilines is 3. The van der Waals surface area contributed by atoms with Crippen molar-refractivity contribution in [3.05, 3.63) is 261 Å². The molecular formula is C60H43N. The van der Waals surface area contributed by atoms with Crippen LogP contribution in [0.25, 0.3) is 77.9 Å². The molecule has 0 atom stereocenters. The lowest BCUT2D eigenvalue weighted by Crippen LogP contribution is -2.12. The highest BCUT2D eigenvalue weighted by Crippen LogP contribution is 2.46. The van der Waals surface area contributed by atoms with Crippen LogP contribution in [0.2, 0.25) is 0 Å². The molecule has 0 aliphatic carbocycles. The fourth-order valence-corrected chi connectivity index (χ4v) is 8.41. The summed E-state index contributed by atoms with van der Waals surface area (Å²) in [6.45, 7) is 0. The van der Waals surface area contributed by atoms with Crippen LogP contribution in [0.1, 0.15) is 0 Å². The summed E-state index contributed by atoms with van der Waals surface area (Å²) in [6.07, 6.45) is 0. The second-order valence-electron chi connectivity index (χ2n) is 15.3. The van der Waals surface area contributed by atoms with Crippen LogP contribution >= 0.6 is 0 Å². The predicted octanol–water partition coefficient (Wildman–Crippen LogP) is 16.8. The molecule has 0 bridgehead atoms. The maximum Gasteiger partial charge on any atom is 0.0540 e. The van der Waals surface area contributed by atoms with Gasteiger partial charge in [-0.15, -0.1) is 0 Å². The summed E-state index contributed by atoms with van der Waals surface area (Å²) in [5, 5.41) is 0. The van der Waals surface area contributed by atoms with Gasteiger partial charge in [0.2, 0.25) is 0 Å². The van der Waals surface area contributed by atoms with Gasteiger partial charge >= 0.3 is 0 Å². The summed E-state index contributed by atoms with van der Waals surface area (Å²) in [5.74, 6) is 0. The van der Waals surface area contributed by atoms with E-state index >= 15 is 0 Å². The molecule has 1 heteroatoms. The fraction of sp³-hybridized carbons (Fsp3) is 0.